The molecule has 2 aromatic rings. The standard InChI is InChI=1S/C19H20N2O7/c1-11-8-9-14(21(24)25)17(12(11)2)20-16(22)10-28-19(23)13-6-5-7-15(26-3)18(13)27-4/h5-9H,10H2,1-4H3,(H,20,22). The Balaban J connectivity index is 2.13. The first-order chi connectivity index (χ1) is 13.3. The van der Waals surface area contributed by atoms with Crippen molar-refractivity contribution in [1.29, 1.82) is 0 Å². The van der Waals surface area contributed by atoms with Gasteiger partial charge in [-0.05, 0) is 37.1 Å². The van der Waals surface area contributed by atoms with Crippen LogP contribution in [0.15, 0.2) is 30.3 Å². The molecule has 0 unspecified atom stereocenters. The Bertz CT molecular complexity index is 925. The highest BCUT2D eigenvalue weighted by Gasteiger charge is 2.22. The molecular weight excluding hydrogens is 368 g/mol. The number of nitro groups is 1. The SMILES string of the molecule is COc1cccc(C(=O)OCC(=O)Nc2c([N+](=O)[O-])ccc(C)c2C)c1OC. The molecule has 148 valence electrons. The number of methoxy groups -OCH3 is 2. The maximum Gasteiger partial charge on any atom is 0.342 e. The molecule has 2 aromatic carbocycles. The highest BCUT2D eigenvalue weighted by molar-refractivity contribution is 5.98. The van der Waals surface area contributed by atoms with E-state index in [9.17, 15) is 19.7 Å². The van der Waals surface area contributed by atoms with Gasteiger partial charge in [0.25, 0.3) is 11.6 Å². The fourth-order valence-corrected chi connectivity index (χ4v) is 2.54. The summed E-state index contributed by atoms with van der Waals surface area (Å²) in [5, 5.41) is 13.6. The number of ether oxygens (including phenoxy) is 3. The number of anilines is 1. The molecule has 0 aliphatic heterocycles. The van der Waals surface area contributed by atoms with Crippen molar-refractivity contribution in [2.45, 2.75) is 13.8 Å². The zero-order valence-electron chi connectivity index (χ0n) is 15.9. The van der Waals surface area contributed by atoms with E-state index in [1.807, 2.05) is 0 Å². The van der Waals surface area contributed by atoms with Gasteiger partial charge in [-0.25, -0.2) is 4.79 Å². The molecule has 0 aliphatic rings. The van der Waals surface area contributed by atoms with Crippen molar-refractivity contribution in [3.63, 3.8) is 0 Å². The molecule has 1 amide bonds. The van der Waals surface area contributed by atoms with Crippen molar-refractivity contribution in [2.24, 2.45) is 0 Å². The second kappa shape index (κ2) is 8.85. The zero-order chi connectivity index (χ0) is 20.8. The molecule has 0 aliphatic carbocycles. The third-order valence-electron chi connectivity index (χ3n) is 4.13. The molecule has 0 fully saturated rings. The third kappa shape index (κ3) is 4.37. The summed E-state index contributed by atoms with van der Waals surface area (Å²) >= 11 is 0. The number of carbonyl (C=O) groups excluding carboxylic acids is 2. The summed E-state index contributed by atoms with van der Waals surface area (Å²) in [6.45, 7) is 2.80. The monoisotopic (exact) mass is 388 g/mol. The summed E-state index contributed by atoms with van der Waals surface area (Å²) in [5.41, 5.74) is 1.26. The maximum atomic E-state index is 12.3. The lowest BCUT2D eigenvalue weighted by atomic mass is 10.1. The number of nitrogens with one attached hydrogen (secondary N) is 1. The van der Waals surface area contributed by atoms with Crippen LogP contribution >= 0.6 is 0 Å². The number of nitrogens with zero attached hydrogens (tertiary/aromatic N) is 1. The molecule has 9 heteroatoms. The van der Waals surface area contributed by atoms with Crippen LogP contribution in [-0.2, 0) is 9.53 Å². The minimum atomic E-state index is -0.790. The number of carbonyl (C=O) groups is 2. The van der Waals surface area contributed by atoms with Crippen LogP contribution in [0.5, 0.6) is 11.5 Å². The van der Waals surface area contributed by atoms with E-state index >= 15 is 0 Å². The molecule has 0 bridgehead atoms. The van der Waals surface area contributed by atoms with Crippen molar-refractivity contribution >= 4 is 23.3 Å². The number of para-hydroxylation sites is 1. The van der Waals surface area contributed by atoms with E-state index in [-0.39, 0.29) is 22.7 Å². The quantitative estimate of drug-likeness (QED) is 0.440. The van der Waals surface area contributed by atoms with Crippen molar-refractivity contribution in [1.82, 2.24) is 0 Å². The van der Waals surface area contributed by atoms with Gasteiger partial charge in [0.05, 0.1) is 19.1 Å². The van der Waals surface area contributed by atoms with E-state index in [1.54, 1.807) is 32.0 Å². The summed E-state index contributed by atoms with van der Waals surface area (Å²) in [7, 11) is 2.80. The number of hydrogen-bond acceptors (Lipinski definition) is 7. The minimum Gasteiger partial charge on any atom is -0.493 e. The molecule has 0 atom stereocenters. The second-order valence-corrected chi connectivity index (χ2v) is 5.82. The molecule has 0 aromatic heterocycles. The van der Waals surface area contributed by atoms with Crippen molar-refractivity contribution in [3.8, 4) is 11.5 Å². The number of amides is 1. The van der Waals surface area contributed by atoms with Gasteiger partial charge in [-0.3, -0.25) is 14.9 Å². The molecule has 1 N–H and O–H groups in total. The number of esters is 1. The van der Waals surface area contributed by atoms with Crippen molar-refractivity contribution < 1.29 is 28.7 Å². The predicted octanol–water partition coefficient (Wildman–Crippen LogP) is 3.02. The average molecular weight is 388 g/mol. The third-order valence-corrected chi connectivity index (χ3v) is 4.13. The second-order valence-electron chi connectivity index (χ2n) is 5.82. The van der Waals surface area contributed by atoms with E-state index < -0.39 is 23.4 Å². The van der Waals surface area contributed by atoms with E-state index in [0.717, 1.165) is 5.56 Å². The van der Waals surface area contributed by atoms with Crippen LogP contribution in [0.4, 0.5) is 11.4 Å². The first kappa shape index (κ1) is 20.7. The van der Waals surface area contributed by atoms with Crippen molar-refractivity contribution in [2.75, 3.05) is 26.1 Å². The average Bonchev–Trinajstić information content (AvgIpc) is 2.68. The largest absolute Gasteiger partial charge is 0.493 e. The topological polar surface area (TPSA) is 117 Å². The number of rotatable bonds is 7. The number of benzene rings is 2. The molecule has 0 saturated heterocycles. The first-order valence-electron chi connectivity index (χ1n) is 8.22. The zero-order valence-corrected chi connectivity index (χ0v) is 15.9. The lowest BCUT2D eigenvalue weighted by Gasteiger charge is -2.13. The molecule has 0 radical (unpaired) electrons. The van der Waals surface area contributed by atoms with Crippen LogP contribution in [0, 0.1) is 24.0 Å². The fraction of sp³-hybridized carbons (Fsp3) is 0.263. The Kier molecular flexibility index (Phi) is 6.54. The normalized spacial score (nSPS) is 10.1. The lowest BCUT2D eigenvalue weighted by Crippen LogP contribution is -2.22. The highest BCUT2D eigenvalue weighted by Crippen LogP contribution is 2.32. The van der Waals surface area contributed by atoms with Gasteiger partial charge in [0.1, 0.15) is 11.3 Å². The molecule has 9 nitrogen and oxygen atoms in total. The molecule has 0 spiro atoms. The summed E-state index contributed by atoms with van der Waals surface area (Å²) in [5.74, 6) is -0.971. The van der Waals surface area contributed by atoms with Gasteiger partial charge in [-0.15, -0.1) is 0 Å². The van der Waals surface area contributed by atoms with E-state index in [4.69, 9.17) is 14.2 Å². The Morgan fingerprint density at radius 2 is 1.82 bits per heavy atom. The van der Waals surface area contributed by atoms with Crippen LogP contribution in [0.3, 0.4) is 0 Å². The number of hydrogen-bond donors (Lipinski definition) is 1. The van der Waals surface area contributed by atoms with Gasteiger partial charge in [0, 0.05) is 6.07 Å². The van der Waals surface area contributed by atoms with Gasteiger partial charge in [0.15, 0.2) is 18.1 Å². The Morgan fingerprint density at radius 1 is 1.11 bits per heavy atom. The number of aryl methyl sites for hydroxylation is 1. The predicted molar refractivity (Wildman–Crippen MR) is 101 cm³/mol. The highest BCUT2D eigenvalue weighted by atomic mass is 16.6. The van der Waals surface area contributed by atoms with Gasteiger partial charge < -0.3 is 19.5 Å². The summed E-state index contributed by atoms with van der Waals surface area (Å²) < 4.78 is 15.3. The van der Waals surface area contributed by atoms with Crippen LogP contribution in [-0.4, -0.2) is 37.6 Å². The molecule has 0 heterocycles. The van der Waals surface area contributed by atoms with Gasteiger partial charge in [-0.1, -0.05) is 12.1 Å². The number of nitro benzene ring substituents is 1. The molecule has 0 saturated carbocycles. The molecule has 2 rings (SSSR count). The van der Waals surface area contributed by atoms with Crippen molar-refractivity contribution in [3.05, 3.63) is 57.1 Å². The van der Waals surface area contributed by atoms with Gasteiger partial charge >= 0.3 is 5.97 Å². The van der Waals surface area contributed by atoms with Crippen LogP contribution < -0.4 is 14.8 Å². The Labute approximate surface area is 161 Å². The summed E-state index contributed by atoms with van der Waals surface area (Å²) in [4.78, 5) is 35.1. The van der Waals surface area contributed by atoms with Gasteiger partial charge in [-0.2, -0.15) is 0 Å². The van der Waals surface area contributed by atoms with E-state index in [0.29, 0.717) is 11.3 Å². The van der Waals surface area contributed by atoms with Crippen LogP contribution in [0.1, 0.15) is 21.5 Å². The summed E-state index contributed by atoms with van der Waals surface area (Å²) in [6.07, 6.45) is 0. The smallest absolute Gasteiger partial charge is 0.342 e. The Hall–Kier alpha value is -3.62. The molecular formula is C19H20N2O7. The van der Waals surface area contributed by atoms with E-state index in [2.05, 4.69) is 5.32 Å². The summed E-state index contributed by atoms with van der Waals surface area (Å²) in [6, 6.07) is 7.57. The van der Waals surface area contributed by atoms with E-state index in [1.165, 1.54) is 26.4 Å². The lowest BCUT2D eigenvalue weighted by molar-refractivity contribution is -0.384. The fourth-order valence-electron chi connectivity index (χ4n) is 2.54. The minimum absolute atomic E-state index is 0.0741. The first-order valence-corrected chi connectivity index (χ1v) is 8.22. The Morgan fingerprint density at radius 3 is 2.43 bits per heavy atom. The maximum absolute atomic E-state index is 12.3. The van der Waals surface area contributed by atoms with Crippen LogP contribution in [0.25, 0.3) is 0 Å². The van der Waals surface area contributed by atoms with Crippen LogP contribution in [0.2, 0.25) is 0 Å². The molecule has 28 heavy (non-hydrogen) atoms. The van der Waals surface area contributed by atoms with Gasteiger partial charge in [0.2, 0.25) is 0 Å².